The third-order valence-corrected chi connectivity index (χ3v) is 4.00. The van der Waals surface area contributed by atoms with E-state index < -0.39 is 0 Å². The van der Waals surface area contributed by atoms with Crippen LogP contribution in [0.3, 0.4) is 0 Å². The van der Waals surface area contributed by atoms with E-state index in [1.54, 1.807) is 12.5 Å². The fourth-order valence-electron chi connectivity index (χ4n) is 2.87. The predicted octanol–water partition coefficient (Wildman–Crippen LogP) is 3.17. The van der Waals surface area contributed by atoms with Crippen LogP contribution in [0.1, 0.15) is 25.7 Å². The van der Waals surface area contributed by atoms with Crippen molar-refractivity contribution in [1.29, 1.82) is 0 Å². The van der Waals surface area contributed by atoms with Crippen molar-refractivity contribution in [3.05, 3.63) is 43.0 Å². The second-order valence-corrected chi connectivity index (χ2v) is 5.63. The van der Waals surface area contributed by atoms with E-state index in [9.17, 15) is 4.79 Å². The first-order chi connectivity index (χ1) is 10.2. The van der Waals surface area contributed by atoms with Crippen LogP contribution in [0.15, 0.2) is 43.0 Å². The van der Waals surface area contributed by atoms with Gasteiger partial charge >= 0.3 is 0 Å². The molecular formula is C16H22Cl2N4O. The molecule has 2 unspecified atom stereocenters. The van der Waals surface area contributed by atoms with Gasteiger partial charge in [0, 0.05) is 35.7 Å². The third-order valence-electron chi connectivity index (χ3n) is 4.00. The van der Waals surface area contributed by atoms with Gasteiger partial charge in [-0.2, -0.15) is 0 Å². The van der Waals surface area contributed by atoms with E-state index >= 15 is 0 Å². The number of anilines is 1. The molecule has 3 rings (SSSR count). The summed E-state index contributed by atoms with van der Waals surface area (Å²) in [4.78, 5) is 16.4. The van der Waals surface area contributed by atoms with Crippen LogP contribution < -0.4 is 11.1 Å². The second kappa shape index (κ2) is 8.91. The first-order valence-corrected chi connectivity index (χ1v) is 7.37. The molecule has 1 aromatic heterocycles. The molecule has 126 valence electrons. The van der Waals surface area contributed by atoms with Crippen LogP contribution in [-0.4, -0.2) is 21.5 Å². The van der Waals surface area contributed by atoms with E-state index in [1.807, 2.05) is 35.0 Å². The number of rotatable bonds is 3. The number of nitrogens with zero attached hydrogens (tertiary/aromatic N) is 2. The number of nitrogens with one attached hydrogen (secondary N) is 1. The normalized spacial score (nSPS) is 20.0. The monoisotopic (exact) mass is 356 g/mol. The molecule has 0 aliphatic heterocycles. The van der Waals surface area contributed by atoms with Gasteiger partial charge in [0.2, 0.25) is 5.91 Å². The summed E-state index contributed by atoms with van der Waals surface area (Å²) in [5, 5.41) is 3.01. The van der Waals surface area contributed by atoms with Crippen LogP contribution >= 0.6 is 24.8 Å². The molecule has 23 heavy (non-hydrogen) atoms. The highest BCUT2D eigenvalue weighted by Gasteiger charge is 2.25. The van der Waals surface area contributed by atoms with Gasteiger partial charge in [0.1, 0.15) is 0 Å². The van der Waals surface area contributed by atoms with Crippen molar-refractivity contribution in [3.63, 3.8) is 0 Å². The lowest BCUT2D eigenvalue weighted by molar-refractivity contribution is -0.120. The quantitative estimate of drug-likeness (QED) is 0.886. The Labute approximate surface area is 148 Å². The summed E-state index contributed by atoms with van der Waals surface area (Å²) >= 11 is 0. The summed E-state index contributed by atoms with van der Waals surface area (Å²) < 4.78 is 1.91. The topological polar surface area (TPSA) is 72.9 Å². The van der Waals surface area contributed by atoms with E-state index in [-0.39, 0.29) is 42.7 Å². The smallest absolute Gasteiger partial charge is 0.227 e. The highest BCUT2D eigenvalue weighted by Crippen LogP contribution is 2.25. The molecule has 1 saturated carbocycles. The molecule has 2 aromatic rings. The molecule has 0 spiro atoms. The minimum Gasteiger partial charge on any atom is -0.328 e. The Morgan fingerprint density at radius 1 is 1.30 bits per heavy atom. The van der Waals surface area contributed by atoms with Crippen molar-refractivity contribution in [3.8, 4) is 5.69 Å². The van der Waals surface area contributed by atoms with Crippen molar-refractivity contribution in [2.45, 2.75) is 31.7 Å². The molecular weight excluding hydrogens is 335 g/mol. The maximum atomic E-state index is 12.3. The maximum Gasteiger partial charge on any atom is 0.227 e. The summed E-state index contributed by atoms with van der Waals surface area (Å²) in [6.07, 6.45) is 9.12. The molecule has 1 aliphatic rings. The fraction of sp³-hybridized carbons (Fsp3) is 0.375. The van der Waals surface area contributed by atoms with Gasteiger partial charge in [0.05, 0.1) is 6.33 Å². The van der Waals surface area contributed by atoms with Gasteiger partial charge in [-0.15, -0.1) is 24.8 Å². The Bertz CT molecular complexity index is 618. The summed E-state index contributed by atoms with van der Waals surface area (Å²) in [6.45, 7) is 0. The van der Waals surface area contributed by atoms with E-state index in [1.165, 1.54) is 0 Å². The average Bonchev–Trinajstić information content (AvgIpc) is 3.02. The number of benzene rings is 1. The number of halogens is 2. The number of amides is 1. The number of hydrogen-bond acceptors (Lipinski definition) is 3. The van der Waals surface area contributed by atoms with Crippen molar-refractivity contribution >= 4 is 36.4 Å². The number of nitrogens with two attached hydrogens (primary N) is 1. The van der Waals surface area contributed by atoms with Crippen LogP contribution in [0, 0.1) is 5.92 Å². The molecule has 2 atom stereocenters. The van der Waals surface area contributed by atoms with Crippen molar-refractivity contribution < 1.29 is 4.79 Å². The highest BCUT2D eigenvalue weighted by molar-refractivity contribution is 5.92. The van der Waals surface area contributed by atoms with Gasteiger partial charge < -0.3 is 15.6 Å². The molecule has 1 fully saturated rings. The summed E-state index contributed by atoms with van der Waals surface area (Å²) in [5.74, 6) is 0.110. The molecule has 1 amide bonds. The van der Waals surface area contributed by atoms with Crippen LogP contribution in [0.2, 0.25) is 0 Å². The van der Waals surface area contributed by atoms with Gasteiger partial charge in [0.25, 0.3) is 0 Å². The van der Waals surface area contributed by atoms with Crippen molar-refractivity contribution in [2.24, 2.45) is 11.7 Å². The lowest BCUT2D eigenvalue weighted by atomic mass is 9.85. The molecule has 0 saturated heterocycles. The fourth-order valence-corrected chi connectivity index (χ4v) is 2.87. The number of aromatic nitrogens is 2. The zero-order chi connectivity index (χ0) is 14.7. The standard InChI is InChI=1S/C16H20N4O.2ClH/c17-13-4-1-3-12(9-13)16(21)19-14-5-2-6-15(10-14)20-8-7-18-11-20;;/h2,5-8,10-13H,1,3-4,9,17H2,(H,19,21);2*1H. The SMILES string of the molecule is Cl.Cl.NC1CCCC(C(=O)Nc2cccc(-n3ccnc3)c2)C1. The molecule has 1 aromatic carbocycles. The van der Waals surface area contributed by atoms with Gasteiger partial charge in [-0.1, -0.05) is 12.5 Å². The number of hydrogen-bond donors (Lipinski definition) is 2. The molecule has 5 nitrogen and oxygen atoms in total. The van der Waals surface area contributed by atoms with Crippen LogP contribution in [0.4, 0.5) is 5.69 Å². The zero-order valence-electron chi connectivity index (χ0n) is 12.7. The lowest BCUT2D eigenvalue weighted by Crippen LogP contribution is -2.34. The number of carbonyl (C=O) groups excluding carboxylic acids is 1. The zero-order valence-corrected chi connectivity index (χ0v) is 14.4. The molecule has 3 N–H and O–H groups in total. The second-order valence-electron chi connectivity index (χ2n) is 5.63. The third kappa shape index (κ3) is 4.96. The first kappa shape index (κ1) is 19.5. The summed E-state index contributed by atoms with van der Waals surface area (Å²) in [7, 11) is 0. The summed E-state index contributed by atoms with van der Waals surface area (Å²) in [5.41, 5.74) is 7.74. The Morgan fingerprint density at radius 3 is 2.83 bits per heavy atom. The summed E-state index contributed by atoms with van der Waals surface area (Å²) in [6, 6.07) is 7.92. The number of imidazole rings is 1. The van der Waals surface area contributed by atoms with Crippen molar-refractivity contribution in [2.75, 3.05) is 5.32 Å². The predicted molar refractivity (Wildman–Crippen MR) is 96.6 cm³/mol. The Balaban J connectivity index is 0.00000132. The van der Waals surface area contributed by atoms with Crippen LogP contribution in [0.25, 0.3) is 5.69 Å². The van der Waals surface area contributed by atoms with E-state index in [0.29, 0.717) is 0 Å². The highest BCUT2D eigenvalue weighted by atomic mass is 35.5. The molecule has 0 bridgehead atoms. The van der Waals surface area contributed by atoms with Crippen LogP contribution in [0.5, 0.6) is 0 Å². The minimum absolute atomic E-state index is 0. The van der Waals surface area contributed by atoms with Gasteiger partial charge in [0.15, 0.2) is 0 Å². The lowest BCUT2D eigenvalue weighted by Gasteiger charge is -2.25. The van der Waals surface area contributed by atoms with Crippen molar-refractivity contribution in [1.82, 2.24) is 9.55 Å². The molecule has 1 heterocycles. The van der Waals surface area contributed by atoms with Crippen LogP contribution in [-0.2, 0) is 4.79 Å². The molecule has 7 heteroatoms. The molecule has 0 radical (unpaired) electrons. The minimum atomic E-state index is 0. The average molecular weight is 357 g/mol. The first-order valence-electron chi connectivity index (χ1n) is 7.37. The van der Waals surface area contributed by atoms with E-state index in [4.69, 9.17) is 5.73 Å². The Morgan fingerprint density at radius 2 is 2.13 bits per heavy atom. The van der Waals surface area contributed by atoms with E-state index in [2.05, 4.69) is 10.3 Å². The van der Waals surface area contributed by atoms with Gasteiger partial charge in [-0.25, -0.2) is 4.98 Å². The maximum absolute atomic E-state index is 12.3. The van der Waals surface area contributed by atoms with E-state index in [0.717, 1.165) is 37.1 Å². The van der Waals surface area contributed by atoms with Gasteiger partial charge in [-0.05, 0) is 37.5 Å². The Kier molecular flexibility index (Phi) is 7.55. The van der Waals surface area contributed by atoms with Gasteiger partial charge in [-0.3, -0.25) is 4.79 Å². The number of carbonyl (C=O) groups is 1. The molecule has 1 aliphatic carbocycles. The largest absolute Gasteiger partial charge is 0.328 e. The Hall–Kier alpha value is -1.56.